The first-order valence-corrected chi connectivity index (χ1v) is 5.81. The van der Waals surface area contributed by atoms with Crippen molar-refractivity contribution in [2.24, 2.45) is 11.3 Å². The summed E-state index contributed by atoms with van der Waals surface area (Å²) in [7, 11) is 0. The van der Waals surface area contributed by atoms with Crippen molar-refractivity contribution in [3.8, 4) is 0 Å². The van der Waals surface area contributed by atoms with Crippen LogP contribution in [0.3, 0.4) is 0 Å². The molecule has 13 heavy (non-hydrogen) atoms. The number of thiazole rings is 1. The predicted octanol–water partition coefficient (Wildman–Crippen LogP) is 3.76. The zero-order chi connectivity index (χ0) is 9.90. The van der Waals surface area contributed by atoms with Gasteiger partial charge in [0.2, 0.25) is 0 Å². The summed E-state index contributed by atoms with van der Waals surface area (Å²) in [6, 6.07) is 0. The normalized spacial score (nSPS) is 14.5. The van der Waals surface area contributed by atoms with Crippen molar-refractivity contribution in [3.63, 3.8) is 0 Å². The lowest BCUT2D eigenvalue weighted by Gasteiger charge is -2.26. The fraction of sp³-hybridized carbons (Fsp3) is 0.727. The topological polar surface area (TPSA) is 12.9 Å². The minimum Gasteiger partial charge on any atom is -0.250 e. The van der Waals surface area contributed by atoms with Crippen molar-refractivity contribution in [2.45, 2.75) is 40.5 Å². The first-order valence-electron chi connectivity index (χ1n) is 4.87. The van der Waals surface area contributed by atoms with Crippen molar-refractivity contribution >= 4 is 11.3 Å². The van der Waals surface area contributed by atoms with Crippen LogP contribution in [0.2, 0.25) is 0 Å². The largest absolute Gasteiger partial charge is 0.250 e. The molecule has 0 N–H and O–H groups in total. The molecule has 1 nitrogen and oxygen atoms in total. The molecule has 0 bridgehead atoms. The van der Waals surface area contributed by atoms with Gasteiger partial charge in [0, 0.05) is 5.38 Å². The van der Waals surface area contributed by atoms with E-state index in [-0.39, 0.29) is 0 Å². The molecule has 0 radical (unpaired) electrons. The molecule has 0 aliphatic carbocycles. The van der Waals surface area contributed by atoms with Gasteiger partial charge < -0.3 is 0 Å². The fourth-order valence-corrected chi connectivity index (χ4v) is 1.75. The molecule has 2 heteroatoms. The van der Waals surface area contributed by atoms with E-state index >= 15 is 0 Å². The van der Waals surface area contributed by atoms with Gasteiger partial charge in [-0.1, -0.05) is 27.7 Å². The molecule has 0 saturated heterocycles. The van der Waals surface area contributed by atoms with Crippen LogP contribution in [-0.2, 0) is 6.42 Å². The third-order valence-electron chi connectivity index (χ3n) is 2.80. The van der Waals surface area contributed by atoms with Gasteiger partial charge in [0.15, 0.2) is 0 Å². The van der Waals surface area contributed by atoms with E-state index in [1.165, 1.54) is 12.1 Å². The minimum absolute atomic E-state index is 0.427. The summed E-state index contributed by atoms with van der Waals surface area (Å²) in [5.74, 6) is 0.759. The molecule has 0 aliphatic heterocycles. The highest BCUT2D eigenvalue weighted by atomic mass is 32.1. The lowest BCUT2D eigenvalue weighted by Crippen LogP contribution is -2.17. The van der Waals surface area contributed by atoms with Crippen LogP contribution in [0.1, 0.15) is 39.8 Å². The zero-order valence-corrected chi connectivity index (χ0v) is 9.82. The maximum absolute atomic E-state index is 4.29. The van der Waals surface area contributed by atoms with E-state index in [1.54, 1.807) is 11.3 Å². The number of aromatic nitrogens is 1. The molecule has 1 atom stereocenters. The van der Waals surface area contributed by atoms with Crippen LogP contribution in [-0.4, -0.2) is 4.98 Å². The van der Waals surface area contributed by atoms with Crippen LogP contribution in [0.5, 0.6) is 0 Å². The van der Waals surface area contributed by atoms with Crippen molar-refractivity contribution in [2.75, 3.05) is 0 Å². The number of hydrogen-bond donors (Lipinski definition) is 0. The molecule has 74 valence electrons. The van der Waals surface area contributed by atoms with E-state index in [1.807, 2.05) is 5.51 Å². The third-order valence-corrected chi connectivity index (χ3v) is 3.43. The molecule has 1 aromatic heterocycles. The van der Waals surface area contributed by atoms with Crippen LogP contribution < -0.4 is 0 Å². The van der Waals surface area contributed by atoms with Crippen molar-refractivity contribution in [3.05, 3.63) is 16.6 Å². The Morgan fingerprint density at radius 2 is 2.15 bits per heavy atom. The summed E-state index contributed by atoms with van der Waals surface area (Å²) in [4.78, 5) is 4.29. The van der Waals surface area contributed by atoms with Crippen LogP contribution in [0.4, 0.5) is 0 Å². The summed E-state index contributed by atoms with van der Waals surface area (Å²) >= 11 is 1.69. The molecular formula is C11H19NS. The molecular weight excluding hydrogens is 178 g/mol. The SMILES string of the molecule is CC(CCc1cscn1)C(C)(C)C. The second-order valence-corrected chi connectivity index (χ2v) is 5.50. The molecule has 1 unspecified atom stereocenters. The van der Waals surface area contributed by atoms with Gasteiger partial charge in [-0.05, 0) is 24.2 Å². The van der Waals surface area contributed by atoms with Gasteiger partial charge in [-0.3, -0.25) is 0 Å². The Labute approximate surface area is 85.2 Å². The zero-order valence-electron chi connectivity index (χ0n) is 9.00. The van der Waals surface area contributed by atoms with Crippen molar-refractivity contribution in [1.29, 1.82) is 0 Å². The summed E-state index contributed by atoms with van der Waals surface area (Å²) in [6.07, 6.45) is 2.37. The Kier molecular flexibility index (Phi) is 3.48. The van der Waals surface area contributed by atoms with Crippen LogP contribution >= 0.6 is 11.3 Å². The summed E-state index contributed by atoms with van der Waals surface area (Å²) in [5, 5.41) is 2.15. The highest BCUT2D eigenvalue weighted by molar-refractivity contribution is 7.07. The van der Waals surface area contributed by atoms with E-state index in [4.69, 9.17) is 0 Å². The summed E-state index contributed by atoms with van der Waals surface area (Å²) < 4.78 is 0. The van der Waals surface area contributed by atoms with Gasteiger partial charge in [0.25, 0.3) is 0 Å². The van der Waals surface area contributed by atoms with E-state index in [2.05, 4.69) is 38.1 Å². The van der Waals surface area contributed by atoms with Crippen LogP contribution in [0.25, 0.3) is 0 Å². The molecule has 1 aromatic rings. The molecule has 0 aromatic carbocycles. The predicted molar refractivity (Wildman–Crippen MR) is 59.1 cm³/mol. The standard InChI is InChI=1S/C11H19NS/c1-9(11(2,3)4)5-6-10-7-13-8-12-10/h7-9H,5-6H2,1-4H3. The van der Waals surface area contributed by atoms with E-state index in [9.17, 15) is 0 Å². The molecule has 0 saturated carbocycles. The maximum Gasteiger partial charge on any atom is 0.0794 e. The minimum atomic E-state index is 0.427. The molecule has 0 aliphatic rings. The third kappa shape index (κ3) is 3.47. The molecule has 0 spiro atoms. The highest BCUT2D eigenvalue weighted by Crippen LogP contribution is 2.28. The second kappa shape index (κ2) is 4.23. The molecule has 1 heterocycles. The average Bonchev–Trinajstić information content (AvgIpc) is 2.50. The monoisotopic (exact) mass is 197 g/mol. The number of rotatable bonds is 3. The van der Waals surface area contributed by atoms with Gasteiger partial charge in [-0.2, -0.15) is 0 Å². The van der Waals surface area contributed by atoms with E-state index in [0.29, 0.717) is 5.41 Å². The van der Waals surface area contributed by atoms with Gasteiger partial charge in [0.1, 0.15) is 0 Å². The maximum atomic E-state index is 4.29. The number of hydrogen-bond acceptors (Lipinski definition) is 2. The first kappa shape index (κ1) is 10.7. The molecule has 1 rings (SSSR count). The van der Waals surface area contributed by atoms with Crippen molar-refractivity contribution < 1.29 is 0 Å². The lowest BCUT2D eigenvalue weighted by molar-refractivity contribution is 0.247. The Morgan fingerprint density at radius 3 is 2.62 bits per heavy atom. The Morgan fingerprint density at radius 1 is 1.46 bits per heavy atom. The Hall–Kier alpha value is -0.370. The van der Waals surface area contributed by atoms with Crippen LogP contribution in [0.15, 0.2) is 10.9 Å². The molecule has 0 fully saturated rings. The lowest BCUT2D eigenvalue weighted by atomic mass is 9.79. The summed E-state index contributed by atoms with van der Waals surface area (Å²) in [6.45, 7) is 9.24. The van der Waals surface area contributed by atoms with Gasteiger partial charge >= 0.3 is 0 Å². The number of aryl methyl sites for hydroxylation is 1. The van der Waals surface area contributed by atoms with E-state index < -0.39 is 0 Å². The van der Waals surface area contributed by atoms with Crippen molar-refractivity contribution in [1.82, 2.24) is 4.98 Å². The van der Waals surface area contributed by atoms with Gasteiger partial charge in [-0.25, -0.2) is 4.98 Å². The van der Waals surface area contributed by atoms with Crippen LogP contribution in [0, 0.1) is 11.3 Å². The second-order valence-electron chi connectivity index (χ2n) is 4.79. The fourth-order valence-electron chi connectivity index (χ4n) is 1.16. The summed E-state index contributed by atoms with van der Waals surface area (Å²) in [5.41, 5.74) is 3.59. The average molecular weight is 197 g/mol. The Bertz CT molecular complexity index is 233. The quantitative estimate of drug-likeness (QED) is 0.719. The molecule has 0 amide bonds. The van der Waals surface area contributed by atoms with Gasteiger partial charge in [-0.15, -0.1) is 11.3 Å². The Balaban J connectivity index is 2.35. The first-order chi connectivity index (χ1) is 6.00. The number of nitrogens with zero attached hydrogens (tertiary/aromatic N) is 1. The van der Waals surface area contributed by atoms with E-state index in [0.717, 1.165) is 12.3 Å². The highest BCUT2D eigenvalue weighted by Gasteiger charge is 2.19. The van der Waals surface area contributed by atoms with Gasteiger partial charge in [0.05, 0.1) is 11.2 Å². The smallest absolute Gasteiger partial charge is 0.0794 e.